The summed E-state index contributed by atoms with van der Waals surface area (Å²) in [6.45, 7) is 6.25. The molecular formula is C20H16O. The van der Waals surface area contributed by atoms with Crippen molar-refractivity contribution in [2.45, 2.75) is 12.8 Å². The van der Waals surface area contributed by atoms with Gasteiger partial charge in [-0.3, -0.25) is 0 Å². The van der Waals surface area contributed by atoms with E-state index in [9.17, 15) is 0 Å². The first-order chi connectivity index (χ1) is 10.3. The highest BCUT2D eigenvalue weighted by Gasteiger charge is 2.33. The molecule has 3 aromatic rings. The van der Waals surface area contributed by atoms with Crippen molar-refractivity contribution in [1.29, 1.82) is 0 Å². The Morgan fingerprint density at radius 1 is 1.05 bits per heavy atom. The molecule has 0 atom stereocenters. The average Bonchev–Trinajstić information content (AvgIpc) is 3.17. The average molecular weight is 272 g/mol. The summed E-state index contributed by atoms with van der Waals surface area (Å²) in [5.41, 5.74) is 5.88. The van der Waals surface area contributed by atoms with E-state index in [1.54, 1.807) is 0 Å². The monoisotopic (exact) mass is 272 g/mol. The normalized spacial score (nSPS) is 15.5. The second-order valence-corrected chi connectivity index (χ2v) is 5.44. The molecule has 1 aliphatic carbocycles. The fourth-order valence-corrected chi connectivity index (χ4v) is 3.04. The molecule has 0 bridgehead atoms. The predicted octanol–water partition coefficient (Wildman–Crippen LogP) is 3.72. The zero-order chi connectivity index (χ0) is 14.4. The lowest BCUT2D eigenvalue weighted by Crippen LogP contribution is -2.18. The second-order valence-electron chi connectivity index (χ2n) is 5.44. The van der Waals surface area contributed by atoms with Gasteiger partial charge >= 0.3 is 0 Å². The van der Waals surface area contributed by atoms with Gasteiger partial charge in [-0.1, -0.05) is 55.1 Å². The highest BCUT2D eigenvalue weighted by molar-refractivity contribution is 5.78. The van der Waals surface area contributed by atoms with E-state index in [4.69, 9.17) is 4.42 Å². The lowest BCUT2D eigenvalue weighted by Gasteiger charge is -1.96. The lowest BCUT2D eigenvalue weighted by atomic mass is 10.1. The van der Waals surface area contributed by atoms with E-state index < -0.39 is 0 Å². The van der Waals surface area contributed by atoms with Crippen LogP contribution in [0.25, 0.3) is 23.6 Å². The van der Waals surface area contributed by atoms with E-state index in [0.29, 0.717) is 5.92 Å². The number of rotatable bonds is 2. The van der Waals surface area contributed by atoms with Crippen LogP contribution in [0.3, 0.4) is 0 Å². The van der Waals surface area contributed by atoms with E-state index in [0.717, 1.165) is 21.6 Å². The molecule has 102 valence electrons. The molecule has 0 spiro atoms. The van der Waals surface area contributed by atoms with E-state index >= 15 is 0 Å². The number of allylic oxidation sites excluding steroid dienone is 2. The summed E-state index contributed by atoms with van der Waals surface area (Å²) >= 11 is 0. The molecule has 0 radical (unpaired) electrons. The summed E-state index contributed by atoms with van der Waals surface area (Å²) in [6.07, 6.45) is 4.30. The molecule has 1 nitrogen and oxygen atoms in total. The number of hydrogen-bond acceptors (Lipinski definition) is 1. The molecule has 0 saturated carbocycles. The number of para-hydroxylation sites is 1. The Morgan fingerprint density at radius 2 is 1.71 bits per heavy atom. The van der Waals surface area contributed by atoms with Gasteiger partial charge in [0.25, 0.3) is 0 Å². The summed E-state index contributed by atoms with van der Waals surface area (Å²) in [5, 5.41) is 2.06. The summed E-state index contributed by atoms with van der Waals surface area (Å²) in [4.78, 5) is 0. The van der Waals surface area contributed by atoms with E-state index in [-0.39, 0.29) is 0 Å². The Kier molecular flexibility index (Phi) is 2.61. The van der Waals surface area contributed by atoms with E-state index in [2.05, 4.69) is 56.0 Å². The molecule has 0 saturated heterocycles. The van der Waals surface area contributed by atoms with Crippen molar-refractivity contribution >= 4 is 23.6 Å². The Bertz CT molecular complexity index is 949. The highest BCUT2D eigenvalue weighted by atomic mass is 16.3. The van der Waals surface area contributed by atoms with Gasteiger partial charge in [0.15, 0.2) is 0 Å². The molecule has 1 aliphatic rings. The maximum Gasteiger partial charge on any atom is 0.135 e. The standard InChI is InChI=1S/C20H16O/c1-3-14(20-16-9-4-5-10-17(16)20)12-19-13(2)15-8-6-7-11-18(15)21-19/h3-12,20H,2H2,1H3/b14-3+,19-12+. The van der Waals surface area contributed by atoms with Gasteiger partial charge < -0.3 is 4.42 Å². The summed E-state index contributed by atoms with van der Waals surface area (Å²) in [6, 6.07) is 16.6. The zero-order valence-electron chi connectivity index (χ0n) is 12.0. The van der Waals surface area contributed by atoms with Gasteiger partial charge in [-0.2, -0.15) is 0 Å². The van der Waals surface area contributed by atoms with Crippen molar-refractivity contribution in [1.82, 2.24) is 0 Å². The molecule has 4 rings (SSSR count). The van der Waals surface area contributed by atoms with Gasteiger partial charge in [-0.15, -0.1) is 0 Å². The zero-order valence-corrected chi connectivity index (χ0v) is 12.0. The van der Waals surface area contributed by atoms with Crippen molar-refractivity contribution < 1.29 is 4.42 Å². The van der Waals surface area contributed by atoms with Crippen LogP contribution in [0.15, 0.2) is 64.6 Å². The van der Waals surface area contributed by atoms with Crippen molar-refractivity contribution in [2.24, 2.45) is 0 Å². The molecule has 0 fully saturated rings. The van der Waals surface area contributed by atoms with Crippen LogP contribution >= 0.6 is 0 Å². The van der Waals surface area contributed by atoms with Crippen molar-refractivity contribution in [2.75, 3.05) is 0 Å². The van der Waals surface area contributed by atoms with Crippen LogP contribution < -0.4 is 10.6 Å². The molecule has 21 heavy (non-hydrogen) atoms. The van der Waals surface area contributed by atoms with Crippen LogP contribution in [0.2, 0.25) is 0 Å². The predicted molar refractivity (Wildman–Crippen MR) is 87.5 cm³/mol. The molecule has 1 aromatic heterocycles. The van der Waals surface area contributed by atoms with Gasteiger partial charge in [0.05, 0.1) is 0 Å². The Balaban J connectivity index is 1.83. The third-order valence-electron chi connectivity index (χ3n) is 4.23. The smallest absolute Gasteiger partial charge is 0.135 e. The lowest BCUT2D eigenvalue weighted by molar-refractivity contribution is 0.575. The van der Waals surface area contributed by atoms with Crippen molar-refractivity contribution in [3.8, 4) is 0 Å². The van der Waals surface area contributed by atoms with Gasteiger partial charge in [-0.05, 0) is 35.8 Å². The topological polar surface area (TPSA) is 13.1 Å². The molecule has 1 heteroatoms. The third-order valence-corrected chi connectivity index (χ3v) is 4.23. The Labute approximate surface area is 123 Å². The first-order valence-electron chi connectivity index (χ1n) is 7.23. The maximum absolute atomic E-state index is 5.95. The van der Waals surface area contributed by atoms with Gasteiger partial charge in [0.2, 0.25) is 0 Å². The molecule has 1 heterocycles. The number of fused-ring (bicyclic) bond motifs is 2. The molecule has 0 N–H and O–H groups in total. The summed E-state index contributed by atoms with van der Waals surface area (Å²) in [7, 11) is 0. The minimum Gasteiger partial charge on any atom is -0.456 e. The molecule has 0 amide bonds. The quantitative estimate of drug-likeness (QED) is 0.693. The van der Waals surface area contributed by atoms with Gasteiger partial charge in [0, 0.05) is 16.5 Å². The minimum absolute atomic E-state index is 0.428. The molecular weight excluding hydrogens is 256 g/mol. The number of furan rings is 1. The minimum atomic E-state index is 0.428. The van der Waals surface area contributed by atoms with Crippen LogP contribution in [0, 0.1) is 0 Å². The van der Waals surface area contributed by atoms with E-state index in [1.165, 1.54) is 16.7 Å². The number of benzene rings is 2. The van der Waals surface area contributed by atoms with Crippen molar-refractivity contribution in [3.63, 3.8) is 0 Å². The van der Waals surface area contributed by atoms with Crippen LogP contribution in [0.5, 0.6) is 0 Å². The van der Waals surface area contributed by atoms with Crippen LogP contribution in [0.1, 0.15) is 24.0 Å². The summed E-state index contributed by atoms with van der Waals surface area (Å²) in [5.74, 6) is 0.428. The van der Waals surface area contributed by atoms with Gasteiger partial charge in [-0.25, -0.2) is 0 Å². The molecule has 0 unspecified atom stereocenters. The third kappa shape index (κ3) is 1.85. The largest absolute Gasteiger partial charge is 0.456 e. The SMILES string of the molecule is C=c1/c(=C\C(=C/C)C2c3ccccc32)oc2ccccc12. The summed E-state index contributed by atoms with van der Waals surface area (Å²) < 4.78 is 5.95. The first-order valence-corrected chi connectivity index (χ1v) is 7.23. The van der Waals surface area contributed by atoms with Crippen LogP contribution in [-0.4, -0.2) is 0 Å². The Hall–Kier alpha value is -2.54. The van der Waals surface area contributed by atoms with Crippen LogP contribution in [0.4, 0.5) is 0 Å². The van der Waals surface area contributed by atoms with Crippen LogP contribution in [-0.2, 0) is 0 Å². The van der Waals surface area contributed by atoms with Gasteiger partial charge in [0.1, 0.15) is 11.0 Å². The van der Waals surface area contributed by atoms with E-state index in [1.807, 2.05) is 18.2 Å². The molecule has 0 aliphatic heterocycles. The first kappa shape index (κ1) is 12.2. The second kappa shape index (κ2) is 4.49. The maximum atomic E-state index is 5.95. The fourth-order valence-electron chi connectivity index (χ4n) is 3.04. The molecule has 2 aromatic carbocycles. The number of hydrogen-bond donors (Lipinski definition) is 0. The highest BCUT2D eigenvalue weighted by Crippen LogP contribution is 2.48. The fraction of sp³-hybridized carbons (Fsp3) is 0.100. The Morgan fingerprint density at radius 3 is 2.38 bits per heavy atom. The van der Waals surface area contributed by atoms with Crippen molar-refractivity contribution in [3.05, 3.63) is 81.9 Å².